The lowest BCUT2D eigenvalue weighted by Gasteiger charge is -2.28. The first-order valence-corrected chi connectivity index (χ1v) is 9.64. The van der Waals surface area contributed by atoms with E-state index in [1.165, 1.54) is 17.4 Å². The first-order valence-electron chi connectivity index (χ1n) is 8.27. The molecule has 0 aromatic heterocycles. The molecule has 0 spiro atoms. The summed E-state index contributed by atoms with van der Waals surface area (Å²) in [6.07, 6.45) is 0. The molecule has 1 amide bonds. The molecule has 1 aliphatic heterocycles. The SMILES string of the molecule is O=C(CSc1ccc(Cl)cc1)NCc1ccc(N2CCOCC2)cc1. The highest BCUT2D eigenvalue weighted by Crippen LogP contribution is 2.20. The van der Waals surface area contributed by atoms with E-state index < -0.39 is 0 Å². The number of nitrogens with one attached hydrogen (secondary N) is 1. The molecule has 4 nitrogen and oxygen atoms in total. The van der Waals surface area contributed by atoms with Crippen LogP contribution in [-0.2, 0) is 16.1 Å². The number of hydrogen-bond acceptors (Lipinski definition) is 4. The lowest BCUT2D eigenvalue weighted by atomic mass is 10.2. The van der Waals surface area contributed by atoms with Gasteiger partial charge < -0.3 is 15.0 Å². The van der Waals surface area contributed by atoms with Gasteiger partial charge in [-0.2, -0.15) is 0 Å². The summed E-state index contributed by atoms with van der Waals surface area (Å²) in [6.45, 7) is 3.96. The maximum absolute atomic E-state index is 12.0. The molecule has 1 heterocycles. The zero-order valence-corrected chi connectivity index (χ0v) is 15.5. The Labute approximate surface area is 157 Å². The van der Waals surface area contributed by atoms with E-state index in [0.29, 0.717) is 17.3 Å². The van der Waals surface area contributed by atoms with Crippen molar-refractivity contribution in [2.24, 2.45) is 0 Å². The molecular formula is C19H21ClN2O2S. The molecular weight excluding hydrogens is 356 g/mol. The van der Waals surface area contributed by atoms with Crippen molar-refractivity contribution in [1.82, 2.24) is 5.32 Å². The Balaban J connectivity index is 1.43. The lowest BCUT2D eigenvalue weighted by Crippen LogP contribution is -2.36. The molecule has 2 aromatic carbocycles. The van der Waals surface area contributed by atoms with Crippen LogP contribution < -0.4 is 10.2 Å². The summed E-state index contributed by atoms with van der Waals surface area (Å²) in [5.74, 6) is 0.422. The highest BCUT2D eigenvalue weighted by atomic mass is 35.5. The molecule has 1 aliphatic rings. The van der Waals surface area contributed by atoms with E-state index in [1.807, 2.05) is 24.3 Å². The molecule has 3 rings (SSSR count). The molecule has 1 saturated heterocycles. The summed E-state index contributed by atoms with van der Waals surface area (Å²) in [4.78, 5) is 15.3. The second kappa shape index (κ2) is 9.13. The van der Waals surface area contributed by atoms with E-state index in [4.69, 9.17) is 16.3 Å². The zero-order valence-electron chi connectivity index (χ0n) is 13.9. The maximum atomic E-state index is 12.0. The van der Waals surface area contributed by atoms with Crippen molar-refractivity contribution in [2.75, 3.05) is 37.0 Å². The van der Waals surface area contributed by atoms with Crippen molar-refractivity contribution in [3.8, 4) is 0 Å². The van der Waals surface area contributed by atoms with Gasteiger partial charge in [-0.3, -0.25) is 4.79 Å². The predicted molar refractivity (Wildman–Crippen MR) is 103 cm³/mol. The second-order valence-electron chi connectivity index (χ2n) is 5.79. The van der Waals surface area contributed by atoms with E-state index in [0.717, 1.165) is 36.8 Å². The number of amides is 1. The van der Waals surface area contributed by atoms with Crippen LogP contribution in [0, 0.1) is 0 Å². The van der Waals surface area contributed by atoms with Crippen LogP contribution in [0.3, 0.4) is 0 Å². The molecule has 132 valence electrons. The third kappa shape index (κ3) is 5.66. The Bertz CT molecular complexity index is 686. The van der Waals surface area contributed by atoms with E-state index in [1.54, 1.807) is 0 Å². The summed E-state index contributed by atoms with van der Waals surface area (Å²) in [5, 5.41) is 3.66. The number of morpholine rings is 1. The van der Waals surface area contributed by atoms with Crippen molar-refractivity contribution >= 4 is 35.0 Å². The summed E-state index contributed by atoms with van der Waals surface area (Å²) in [7, 11) is 0. The largest absolute Gasteiger partial charge is 0.378 e. The minimum absolute atomic E-state index is 0.0252. The van der Waals surface area contributed by atoms with Crippen LogP contribution in [-0.4, -0.2) is 38.0 Å². The number of benzene rings is 2. The molecule has 25 heavy (non-hydrogen) atoms. The molecule has 6 heteroatoms. The number of anilines is 1. The van der Waals surface area contributed by atoms with Gasteiger partial charge in [-0.25, -0.2) is 0 Å². The van der Waals surface area contributed by atoms with Crippen LogP contribution in [0.4, 0.5) is 5.69 Å². The van der Waals surface area contributed by atoms with Crippen LogP contribution >= 0.6 is 23.4 Å². The van der Waals surface area contributed by atoms with E-state index >= 15 is 0 Å². The van der Waals surface area contributed by atoms with Gasteiger partial charge in [0.05, 0.1) is 19.0 Å². The van der Waals surface area contributed by atoms with Gasteiger partial charge in [0, 0.05) is 35.2 Å². The van der Waals surface area contributed by atoms with Gasteiger partial charge in [-0.15, -0.1) is 11.8 Å². The van der Waals surface area contributed by atoms with Gasteiger partial charge in [0.1, 0.15) is 0 Å². The van der Waals surface area contributed by atoms with Crippen LogP contribution in [0.25, 0.3) is 0 Å². The number of nitrogens with zero attached hydrogens (tertiary/aromatic N) is 1. The molecule has 0 aliphatic carbocycles. The average molecular weight is 377 g/mol. The number of hydrogen-bond donors (Lipinski definition) is 1. The molecule has 0 saturated carbocycles. The third-order valence-corrected chi connectivity index (χ3v) is 5.25. The van der Waals surface area contributed by atoms with Gasteiger partial charge in [-0.05, 0) is 42.0 Å². The topological polar surface area (TPSA) is 41.6 Å². The highest BCUT2D eigenvalue weighted by Gasteiger charge is 2.11. The molecule has 0 atom stereocenters. The van der Waals surface area contributed by atoms with Gasteiger partial charge in [0.2, 0.25) is 5.91 Å². The molecule has 1 N–H and O–H groups in total. The molecule has 0 unspecified atom stereocenters. The van der Waals surface area contributed by atoms with Crippen molar-refractivity contribution in [3.63, 3.8) is 0 Å². The van der Waals surface area contributed by atoms with E-state index in [-0.39, 0.29) is 5.91 Å². The first kappa shape index (κ1) is 18.1. The Kier molecular flexibility index (Phi) is 6.62. The van der Waals surface area contributed by atoms with Crippen LogP contribution in [0.5, 0.6) is 0 Å². The predicted octanol–water partition coefficient (Wildman–Crippen LogP) is 3.59. The summed E-state index contributed by atoms with van der Waals surface area (Å²) < 4.78 is 5.37. The lowest BCUT2D eigenvalue weighted by molar-refractivity contribution is -0.118. The fraction of sp³-hybridized carbons (Fsp3) is 0.316. The quantitative estimate of drug-likeness (QED) is 0.782. The Morgan fingerprint density at radius 3 is 2.44 bits per heavy atom. The first-order chi connectivity index (χ1) is 12.2. The highest BCUT2D eigenvalue weighted by molar-refractivity contribution is 8.00. The number of carbonyl (C=O) groups excluding carboxylic acids is 1. The number of ether oxygens (including phenoxy) is 1. The smallest absolute Gasteiger partial charge is 0.230 e. The monoisotopic (exact) mass is 376 g/mol. The summed E-state index contributed by atoms with van der Waals surface area (Å²) in [5.41, 5.74) is 2.30. The van der Waals surface area contributed by atoms with Crippen molar-refractivity contribution < 1.29 is 9.53 Å². The Morgan fingerprint density at radius 1 is 1.08 bits per heavy atom. The average Bonchev–Trinajstić information content (AvgIpc) is 2.67. The van der Waals surface area contributed by atoms with Gasteiger partial charge >= 0.3 is 0 Å². The Hall–Kier alpha value is -1.69. The normalized spacial score (nSPS) is 14.4. The van der Waals surface area contributed by atoms with E-state index in [9.17, 15) is 4.79 Å². The second-order valence-corrected chi connectivity index (χ2v) is 7.27. The number of halogens is 1. The fourth-order valence-corrected chi connectivity index (χ4v) is 3.43. The number of carbonyl (C=O) groups is 1. The van der Waals surface area contributed by atoms with Crippen LogP contribution in [0.1, 0.15) is 5.56 Å². The maximum Gasteiger partial charge on any atom is 0.230 e. The Morgan fingerprint density at radius 2 is 1.76 bits per heavy atom. The standard InChI is InChI=1S/C19H21ClN2O2S/c20-16-3-7-18(8-4-16)25-14-19(23)21-13-15-1-5-17(6-2-15)22-9-11-24-12-10-22/h1-8H,9-14H2,(H,21,23). The molecule has 0 radical (unpaired) electrons. The van der Waals surface area contributed by atoms with Crippen molar-refractivity contribution in [2.45, 2.75) is 11.4 Å². The molecule has 1 fully saturated rings. The minimum Gasteiger partial charge on any atom is -0.378 e. The summed E-state index contributed by atoms with van der Waals surface area (Å²) in [6, 6.07) is 15.9. The molecule has 0 bridgehead atoms. The summed E-state index contributed by atoms with van der Waals surface area (Å²) >= 11 is 7.36. The minimum atomic E-state index is 0.0252. The van der Waals surface area contributed by atoms with Crippen LogP contribution in [0.15, 0.2) is 53.4 Å². The van der Waals surface area contributed by atoms with Crippen LogP contribution in [0.2, 0.25) is 5.02 Å². The van der Waals surface area contributed by atoms with Crippen molar-refractivity contribution in [3.05, 3.63) is 59.1 Å². The fourth-order valence-electron chi connectivity index (χ4n) is 2.58. The third-order valence-electron chi connectivity index (χ3n) is 3.99. The van der Waals surface area contributed by atoms with Gasteiger partial charge in [0.25, 0.3) is 0 Å². The van der Waals surface area contributed by atoms with E-state index in [2.05, 4.69) is 34.5 Å². The van der Waals surface area contributed by atoms with Crippen molar-refractivity contribution in [1.29, 1.82) is 0 Å². The zero-order chi connectivity index (χ0) is 17.5. The number of rotatable bonds is 6. The molecule has 2 aromatic rings. The van der Waals surface area contributed by atoms with Gasteiger partial charge in [-0.1, -0.05) is 23.7 Å². The van der Waals surface area contributed by atoms with Gasteiger partial charge in [0.15, 0.2) is 0 Å². The number of thioether (sulfide) groups is 1.